The molecule has 1 spiro atoms. The molecule has 1 N–H and O–H groups in total. The number of hydrogen-bond acceptors (Lipinski definition) is 5. The van der Waals surface area contributed by atoms with Gasteiger partial charge in [0.15, 0.2) is 5.69 Å². The van der Waals surface area contributed by atoms with Gasteiger partial charge in [0.05, 0.1) is 11.6 Å². The van der Waals surface area contributed by atoms with Gasteiger partial charge in [0.25, 0.3) is 0 Å². The van der Waals surface area contributed by atoms with Crippen LogP contribution in [0.4, 0.5) is 22.0 Å². The number of nitrogens with one attached hydrogen (secondary N) is 1. The molecule has 3 aliphatic rings. The van der Waals surface area contributed by atoms with Crippen molar-refractivity contribution in [2.75, 3.05) is 20.1 Å². The highest BCUT2D eigenvalue weighted by molar-refractivity contribution is 9.10. The molecule has 3 aromatic rings. The van der Waals surface area contributed by atoms with Gasteiger partial charge < -0.3 is 19.7 Å². The Bertz CT molecular complexity index is 1800. The van der Waals surface area contributed by atoms with Gasteiger partial charge >= 0.3 is 12.7 Å². The molecule has 6 rings (SSSR count). The van der Waals surface area contributed by atoms with Gasteiger partial charge in [0.1, 0.15) is 17.9 Å². The lowest BCUT2D eigenvalue weighted by molar-refractivity contribution is -0.141. The van der Waals surface area contributed by atoms with Gasteiger partial charge in [-0.3, -0.25) is 14.4 Å². The molecule has 3 fully saturated rings. The number of alkyl halides is 5. The van der Waals surface area contributed by atoms with Crippen molar-refractivity contribution in [3.05, 3.63) is 68.9 Å². The molecule has 4 atom stereocenters. The normalized spacial score (nSPS) is 23.3. The third-order valence-corrected chi connectivity index (χ3v) is 10.6. The topological polar surface area (TPSA) is 105 Å². The molecule has 1 aliphatic carbocycles. The van der Waals surface area contributed by atoms with Crippen LogP contribution in [0.5, 0.6) is 0 Å². The Morgan fingerprint density at radius 3 is 2.53 bits per heavy atom. The van der Waals surface area contributed by atoms with Crippen LogP contribution < -0.4 is 5.32 Å². The number of hydrogen-bond donors (Lipinski definition) is 1. The summed E-state index contributed by atoms with van der Waals surface area (Å²) in [7, 11) is 1.57. The molecule has 17 heteroatoms. The van der Waals surface area contributed by atoms with Gasteiger partial charge in [0.2, 0.25) is 17.7 Å². The molecule has 1 saturated carbocycles. The molecular formula is C32H34BrClF5N7O3. The Labute approximate surface area is 292 Å². The quantitative estimate of drug-likeness (QED) is 0.264. The van der Waals surface area contributed by atoms with Gasteiger partial charge in [-0.2, -0.15) is 27.1 Å². The molecule has 10 nitrogen and oxygen atoms in total. The predicted octanol–water partition coefficient (Wildman–Crippen LogP) is 5.77. The highest BCUT2D eigenvalue weighted by Crippen LogP contribution is 2.66. The van der Waals surface area contributed by atoms with E-state index in [9.17, 15) is 36.3 Å². The van der Waals surface area contributed by atoms with Crippen molar-refractivity contribution in [3.63, 3.8) is 0 Å². The van der Waals surface area contributed by atoms with Crippen LogP contribution in [0.2, 0.25) is 5.02 Å². The summed E-state index contributed by atoms with van der Waals surface area (Å²) in [5.41, 5.74) is -2.02. The first kappa shape index (κ1) is 35.3. The number of rotatable bonds is 10. The molecule has 264 valence electrons. The first-order valence-electron chi connectivity index (χ1n) is 15.7. The lowest BCUT2D eigenvalue weighted by Crippen LogP contribution is -2.55. The summed E-state index contributed by atoms with van der Waals surface area (Å²) in [4.78, 5) is 47.7. The Balaban J connectivity index is 1.26. The second kappa shape index (κ2) is 12.7. The lowest BCUT2D eigenvalue weighted by atomic mass is 9.96. The fraction of sp³-hybridized carbons (Fsp3) is 0.531. The number of aromatic nitrogens is 4. The van der Waals surface area contributed by atoms with E-state index in [1.54, 1.807) is 27.0 Å². The Morgan fingerprint density at radius 1 is 1.18 bits per heavy atom. The van der Waals surface area contributed by atoms with Gasteiger partial charge in [-0.1, -0.05) is 33.6 Å². The fourth-order valence-corrected chi connectivity index (χ4v) is 7.97. The maximum absolute atomic E-state index is 14.1. The summed E-state index contributed by atoms with van der Waals surface area (Å²) < 4.78 is 70.4. The monoisotopic (exact) mass is 773 g/mol. The molecule has 2 aromatic heterocycles. The van der Waals surface area contributed by atoms with E-state index in [1.165, 1.54) is 20.6 Å². The van der Waals surface area contributed by atoms with Crippen molar-refractivity contribution < 1.29 is 36.3 Å². The number of carbonyl (C=O) groups excluding carboxylic acids is 3. The summed E-state index contributed by atoms with van der Waals surface area (Å²) >= 11 is 9.90. The summed E-state index contributed by atoms with van der Waals surface area (Å²) in [6.45, 7) is 0.891. The van der Waals surface area contributed by atoms with E-state index in [2.05, 4.69) is 31.3 Å². The van der Waals surface area contributed by atoms with Crippen LogP contribution in [0.1, 0.15) is 74.3 Å². The number of likely N-dealkylation sites (tertiary alicyclic amines) is 2. The Kier molecular flexibility index (Phi) is 9.12. The standard InChI is InChI=1S/C32H34BrClF5N7O3/c1-30(2,13-25-41-24(32(37,38)39)16-45(25)22-6-8-43(3)27(22)48)42-26(47)23(10-17-14-40-46(15-17)29(35)36)44-9-7-31(28(44)49)12-20(31)19-5-4-18(33)11-21(19)34/h4-5,11,14-16,20,22-23,29H,6-10,12-13H2,1-3H3,(H,42,47)/t20-,22?,23-,31+/m1/s1. The van der Waals surface area contributed by atoms with E-state index < -0.39 is 47.4 Å². The number of halogens is 7. The third-order valence-electron chi connectivity index (χ3n) is 9.76. The highest BCUT2D eigenvalue weighted by Gasteiger charge is 2.65. The smallest absolute Gasteiger partial charge is 0.349 e. The van der Waals surface area contributed by atoms with Crippen molar-refractivity contribution in [3.8, 4) is 0 Å². The molecule has 1 unspecified atom stereocenters. The maximum Gasteiger partial charge on any atom is 0.434 e. The predicted molar refractivity (Wildman–Crippen MR) is 171 cm³/mol. The molecule has 2 aliphatic heterocycles. The van der Waals surface area contributed by atoms with Crippen LogP contribution in [0.25, 0.3) is 0 Å². The number of likely N-dealkylation sites (N-methyl/N-ethyl adjacent to an activating group) is 1. The van der Waals surface area contributed by atoms with Crippen LogP contribution >= 0.6 is 27.5 Å². The van der Waals surface area contributed by atoms with Crippen LogP contribution in [0, 0.1) is 5.41 Å². The minimum atomic E-state index is -4.76. The first-order valence-corrected chi connectivity index (χ1v) is 16.9. The summed E-state index contributed by atoms with van der Waals surface area (Å²) in [5, 5.41) is 7.06. The summed E-state index contributed by atoms with van der Waals surface area (Å²) in [6, 6.07) is 3.44. The fourth-order valence-electron chi connectivity index (χ4n) is 7.17. The number of imidazole rings is 1. The average molecular weight is 775 g/mol. The summed E-state index contributed by atoms with van der Waals surface area (Å²) in [6.07, 6.45) is -0.648. The van der Waals surface area contributed by atoms with Gasteiger partial charge in [-0.05, 0) is 56.4 Å². The van der Waals surface area contributed by atoms with E-state index >= 15 is 0 Å². The zero-order valence-corrected chi connectivity index (χ0v) is 29.1. The van der Waals surface area contributed by atoms with E-state index in [-0.39, 0.29) is 42.9 Å². The third kappa shape index (κ3) is 6.82. The second-order valence-corrected chi connectivity index (χ2v) is 15.0. The van der Waals surface area contributed by atoms with E-state index in [0.29, 0.717) is 41.1 Å². The van der Waals surface area contributed by atoms with Crippen molar-refractivity contribution in [2.45, 2.75) is 82.2 Å². The number of benzene rings is 1. The molecule has 3 amide bonds. The largest absolute Gasteiger partial charge is 0.434 e. The van der Waals surface area contributed by atoms with Gasteiger partial charge in [0, 0.05) is 66.3 Å². The second-order valence-electron chi connectivity index (χ2n) is 13.7. The minimum Gasteiger partial charge on any atom is -0.349 e. The van der Waals surface area contributed by atoms with Crippen molar-refractivity contribution in [2.24, 2.45) is 5.41 Å². The molecular weight excluding hydrogens is 741 g/mol. The highest BCUT2D eigenvalue weighted by atomic mass is 79.9. The van der Waals surface area contributed by atoms with Gasteiger partial charge in [-0.25, -0.2) is 9.67 Å². The van der Waals surface area contributed by atoms with Gasteiger partial charge in [-0.15, -0.1) is 0 Å². The van der Waals surface area contributed by atoms with Crippen molar-refractivity contribution >= 4 is 45.3 Å². The minimum absolute atomic E-state index is 0.0376. The number of carbonyl (C=O) groups is 3. The van der Waals surface area contributed by atoms with E-state index in [0.717, 1.165) is 22.4 Å². The molecule has 2 saturated heterocycles. The molecule has 49 heavy (non-hydrogen) atoms. The molecule has 4 heterocycles. The Hall–Kier alpha value is -3.53. The molecule has 0 bridgehead atoms. The van der Waals surface area contributed by atoms with E-state index in [1.807, 2.05) is 12.1 Å². The number of nitrogens with zero attached hydrogens (tertiary/aromatic N) is 6. The lowest BCUT2D eigenvalue weighted by Gasteiger charge is -2.33. The zero-order chi connectivity index (χ0) is 35.6. The average Bonchev–Trinajstić information content (AvgIpc) is 3.38. The molecule has 1 aromatic carbocycles. The van der Waals surface area contributed by atoms with Crippen molar-refractivity contribution in [1.82, 2.24) is 34.4 Å². The first-order chi connectivity index (χ1) is 22.9. The van der Waals surface area contributed by atoms with Crippen LogP contribution in [0.15, 0.2) is 41.3 Å². The van der Waals surface area contributed by atoms with Crippen LogP contribution in [-0.4, -0.2) is 78.6 Å². The number of amides is 3. The zero-order valence-electron chi connectivity index (χ0n) is 26.8. The van der Waals surface area contributed by atoms with Crippen molar-refractivity contribution in [1.29, 1.82) is 0 Å². The SMILES string of the molecule is CN1CCC(n2cc(C(F)(F)F)nc2CC(C)(C)NC(=O)[C@@H](Cc2cnn(C(F)F)c2)N2CC[C@@]3(C[C@@H]3c3ccc(Br)cc3Cl)C2=O)C1=O. The van der Waals surface area contributed by atoms with E-state index in [4.69, 9.17) is 11.6 Å². The van der Waals surface area contributed by atoms with Crippen LogP contribution in [0.3, 0.4) is 0 Å². The van der Waals surface area contributed by atoms with Crippen LogP contribution in [-0.2, 0) is 33.4 Å². The molecule has 0 radical (unpaired) electrons. The Morgan fingerprint density at radius 2 is 1.92 bits per heavy atom. The maximum atomic E-state index is 14.1. The summed E-state index contributed by atoms with van der Waals surface area (Å²) in [5.74, 6) is -1.42.